The van der Waals surface area contributed by atoms with Crippen molar-refractivity contribution in [3.8, 4) is 5.75 Å². The van der Waals surface area contributed by atoms with E-state index >= 15 is 0 Å². The quantitative estimate of drug-likeness (QED) is 0.857. The molecule has 1 heterocycles. The van der Waals surface area contributed by atoms with E-state index in [1.54, 1.807) is 24.3 Å². The summed E-state index contributed by atoms with van der Waals surface area (Å²) in [5.74, 6) is 0.304. The Kier molecular flexibility index (Phi) is 5.41. The summed E-state index contributed by atoms with van der Waals surface area (Å²) in [5, 5.41) is 9.83. The molecule has 118 valence electrons. The lowest BCUT2D eigenvalue weighted by Gasteiger charge is -2.12. The van der Waals surface area contributed by atoms with Crippen molar-refractivity contribution in [1.82, 2.24) is 15.1 Å². The fourth-order valence-corrected chi connectivity index (χ4v) is 2.00. The smallest absolute Gasteiger partial charge is 0.276 e. The second kappa shape index (κ2) is 7.29. The van der Waals surface area contributed by atoms with Gasteiger partial charge in [0.1, 0.15) is 12.4 Å². The molecule has 2 rings (SSSR count). The molecule has 22 heavy (non-hydrogen) atoms. The van der Waals surface area contributed by atoms with Gasteiger partial charge in [-0.15, -0.1) is 0 Å². The summed E-state index contributed by atoms with van der Waals surface area (Å²) in [6.07, 6.45) is 0. The molecule has 0 aliphatic rings. The van der Waals surface area contributed by atoms with E-state index in [1.165, 1.54) is 0 Å². The van der Waals surface area contributed by atoms with Crippen LogP contribution in [0.3, 0.4) is 0 Å². The van der Waals surface area contributed by atoms with Crippen LogP contribution in [0.25, 0.3) is 0 Å². The lowest BCUT2D eigenvalue weighted by atomic mass is 10.3. The largest absolute Gasteiger partial charge is 0.491 e. The Morgan fingerprint density at radius 2 is 2.18 bits per heavy atom. The van der Waals surface area contributed by atoms with Crippen LogP contribution in [0.1, 0.15) is 16.2 Å². The van der Waals surface area contributed by atoms with Gasteiger partial charge in [-0.1, -0.05) is 11.6 Å². The van der Waals surface area contributed by atoms with E-state index in [4.69, 9.17) is 16.3 Å². The minimum Gasteiger partial charge on any atom is -0.491 e. The van der Waals surface area contributed by atoms with Gasteiger partial charge in [0.05, 0.1) is 5.02 Å². The van der Waals surface area contributed by atoms with Gasteiger partial charge >= 0.3 is 0 Å². The Balaban J connectivity index is 1.98. The van der Waals surface area contributed by atoms with E-state index in [1.807, 2.05) is 25.9 Å². The number of ether oxygens (including phenoxy) is 1. The van der Waals surface area contributed by atoms with Crippen LogP contribution in [-0.4, -0.2) is 48.3 Å². The van der Waals surface area contributed by atoms with E-state index < -0.39 is 0 Å². The average molecular weight is 323 g/mol. The number of amides is 1. The predicted octanol–water partition coefficient (Wildman–Crippen LogP) is 2.56. The summed E-state index contributed by atoms with van der Waals surface area (Å²) in [6, 6.07) is 6.82. The number of anilines is 1. The molecule has 0 bridgehead atoms. The summed E-state index contributed by atoms with van der Waals surface area (Å²) in [4.78, 5) is 14.0. The maximum Gasteiger partial charge on any atom is 0.276 e. The summed E-state index contributed by atoms with van der Waals surface area (Å²) in [6.45, 7) is 3.18. The molecule has 0 saturated carbocycles. The molecule has 0 aliphatic carbocycles. The zero-order valence-corrected chi connectivity index (χ0v) is 13.6. The van der Waals surface area contributed by atoms with Gasteiger partial charge in [-0.25, -0.2) is 0 Å². The fourth-order valence-electron chi connectivity index (χ4n) is 1.76. The molecule has 0 saturated heterocycles. The first-order valence-electron chi connectivity index (χ1n) is 6.86. The van der Waals surface area contributed by atoms with E-state index in [2.05, 4.69) is 15.5 Å². The Morgan fingerprint density at radius 3 is 2.77 bits per heavy atom. The Labute approximate surface area is 134 Å². The van der Waals surface area contributed by atoms with Crippen LogP contribution in [-0.2, 0) is 0 Å². The number of aromatic nitrogens is 2. The number of hydrogen-bond donors (Lipinski definition) is 2. The molecule has 1 aromatic heterocycles. The van der Waals surface area contributed by atoms with Gasteiger partial charge in [-0.2, -0.15) is 5.10 Å². The first kappa shape index (κ1) is 16.3. The highest BCUT2D eigenvalue weighted by Gasteiger charge is 2.11. The van der Waals surface area contributed by atoms with Crippen molar-refractivity contribution in [2.45, 2.75) is 6.92 Å². The number of hydrogen-bond acceptors (Lipinski definition) is 4. The van der Waals surface area contributed by atoms with E-state index in [0.717, 1.165) is 12.2 Å². The number of aryl methyl sites for hydroxylation is 1. The molecule has 0 radical (unpaired) electrons. The summed E-state index contributed by atoms with van der Waals surface area (Å²) >= 11 is 6.17. The second-order valence-electron chi connectivity index (χ2n) is 5.19. The first-order valence-corrected chi connectivity index (χ1v) is 7.24. The van der Waals surface area contributed by atoms with Crippen molar-refractivity contribution in [2.75, 3.05) is 32.6 Å². The molecule has 1 aromatic carbocycles. The molecule has 2 N–H and O–H groups in total. The number of carbonyl (C=O) groups excluding carboxylic acids is 1. The number of halogens is 1. The molecule has 6 nitrogen and oxygen atoms in total. The summed E-state index contributed by atoms with van der Waals surface area (Å²) < 4.78 is 5.59. The molecular formula is C15H19ClN4O2. The third kappa shape index (κ3) is 4.47. The van der Waals surface area contributed by atoms with Gasteiger partial charge in [0.25, 0.3) is 5.91 Å². The molecule has 2 aromatic rings. The standard InChI is InChI=1S/C15H19ClN4O2/c1-10-8-13(19-18-10)15(21)17-11-4-5-14(12(16)9-11)22-7-6-20(2)3/h4-5,8-9H,6-7H2,1-3H3,(H,17,21)(H,18,19). The van der Waals surface area contributed by atoms with Gasteiger partial charge in [0, 0.05) is 17.9 Å². The molecule has 0 atom stereocenters. The van der Waals surface area contributed by atoms with Crippen LogP contribution in [0, 0.1) is 6.92 Å². The van der Waals surface area contributed by atoms with Crippen LogP contribution in [0.5, 0.6) is 5.75 Å². The monoisotopic (exact) mass is 322 g/mol. The SMILES string of the molecule is Cc1cc(C(=O)Nc2ccc(OCCN(C)C)c(Cl)c2)n[nH]1. The molecule has 0 spiro atoms. The van der Waals surface area contributed by atoms with Gasteiger partial charge in [0.15, 0.2) is 5.69 Å². The van der Waals surface area contributed by atoms with Crippen molar-refractivity contribution in [3.63, 3.8) is 0 Å². The zero-order valence-electron chi connectivity index (χ0n) is 12.8. The van der Waals surface area contributed by atoms with E-state index in [-0.39, 0.29) is 5.91 Å². The fraction of sp³-hybridized carbons (Fsp3) is 0.333. The number of aromatic amines is 1. The minimum absolute atomic E-state index is 0.290. The predicted molar refractivity (Wildman–Crippen MR) is 86.8 cm³/mol. The third-order valence-corrected chi connectivity index (χ3v) is 3.22. The van der Waals surface area contributed by atoms with Crippen LogP contribution in [0.15, 0.2) is 24.3 Å². The highest BCUT2D eigenvalue weighted by molar-refractivity contribution is 6.32. The van der Waals surface area contributed by atoms with Crippen molar-refractivity contribution in [3.05, 3.63) is 40.7 Å². The van der Waals surface area contributed by atoms with Gasteiger partial charge in [-0.3, -0.25) is 9.89 Å². The third-order valence-electron chi connectivity index (χ3n) is 2.92. The number of nitrogens with zero attached hydrogens (tertiary/aromatic N) is 2. The van der Waals surface area contributed by atoms with Crippen molar-refractivity contribution >= 4 is 23.2 Å². The van der Waals surface area contributed by atoms with Crippen molar-refractivity contribution in [2.24, 2.45) is 0 Å². The maximum atomic E-state index is 12.0. The van der Waals surface area contributed by atoms with Gasteiger partial charge in [-0.05, 0) is 45.3 Å². The molecular weight excluding hydrogens is 304 g/mol. The maximum absolute atomic E-state index is 12.0. The molecule has 7 heteroatoms. The van der Waals surface area contributed by atoms with Crippen molar-refractivity contribution < 1.29 is 9.53 Å². The Hall–Kier alpha value is -2.05. The molecule has 0 unspecified atom stereocenters. The molecule has 1 amide bonds. The number of carbonyl (C=O) groups is 1. The van der Waals surface area contributed by atoms with Crippen LogP contribution >= 0.6 is 11.6 Å². The topological polar surface area (TPSA) is 70.2 Å². The van der Waals surface area contributed by atoms with Crippen molar-refractivity contribution in [1.29, 1.82) is 0 Å². The average Bonchev–Trinajstić information content (AvgIpc) is 2.87. The normalized spacial score (nSPS) is 10.8. The van der Waals surface area contributed by atoms with E-state index in [9.17, 15) is 4.79 Å². The summed E-state index contributed by atoms with van der Waals surface area (Å²) in [5.41, 5.74) is 1.75. The lowest BCUT2D eigenvalue weighted by molar-refractivity contribution is 0.102. The highest BCUT2D eigenvalue weighted by atomic mass is 35.5. The number of nitrogens with one attached hydrogen (secondary N) is 2. The first-order chi connectivity index (χ1) is 10.5. The van der Waals surface area contributed by atoms with Crippen LogP contribution < -0.4 is 10.1 Å². The number of rotatable bonds is 6. The Morgan fingerprint density at radius 1 is 1.41 bits per heavy atom. The number of likely N-dealkylation sites (N-methyl/N-ethyl adjacent to an activating group) is 1. The van der Waals surface area contributed by atoms with Gasteiger partial charge in [0.2, 0.25) is 0 Å². The number of H-pyrrole nitrogens is 1. The number of benzene rings is 1. The summed E-state index contributed by atoms with van der Waals surface area (Å²) in [7, 11) is 3.95. The zero-order chi connectivity index (χ0) is 16.1. The van der Waals surface area contributed by atoms with Crippen LogP contribution in [0.4, 0.5) is 5.69 Å². The van der Waals surface area contributed by atoms with Crippen LogP contribution in [0.2, 0.25) is 5.02 Å². The minimum atomic E-state index is -0.290. The van der Waals surface area contributed by atoms with Gasteiger partial charge < -0.3 is 15.0 Å². The highest BCUT2D eigenvalue weighted by Crippen LogP contribution is 2.27. The Bertz CT molecular complexity index is 655. The molecule has 0 aliphatic heterocycles. The lowest BCUT2D eigenvalue weighted by Crippen LogP contribution is -2.19. The second-order valence-corrected chi connectivity index (χ2v) is 5.59. The molecule has 0 fully saturated rings. The van der Waals surface area contributed by atoms with E-state index in [0.29, 0.717) is 28.8 Å².